The zero-order valence-corrected chi connectivity index (χ0v) is 23.4. The lowest BCUT2D eigenvalue weighted by Gasteiger charge is -2.16. The van der Waals surface area contributed by atoms with Crippen LogP contribution in [0.1, 0.15) is 15.9 Å². The van der Waals surface area contributed by atoms with Crippen molar-refractivity contribution in [2.45, 2.75) is 16.0 Å². The summed E-state index contributed by atoms with van der Waals surface area (Å²) >= 11 is 2.44. The first-order valence-corrected chi connectivity index (χ1v) is 13.8. The van der Waals surface area contributed by atoms with Gasteiger partial charge in [-0.05, 0) is 66.7 Å². The molecule has 0 aliphatic carbocycles. The maximum Gasteiger partial charge on any atom is 0.420 e. The van der Waals surface area contributed by atoms with Crippen molar-refractivity contribution in [2.24, 2.45) is 0 Å². The highest BCUT2D eigenvalue weighted by Gasteiger charge is 2.35. The highest BCUT2D eigenvalue weighted by Crippen LogP contribution is 2.38. The van der Waals surface area contributed by atoms with Crippen molar-refractivity contribution in [3.8, 4) is 17.2 Å². The van der Waals surface area contributed by atoms with E-state index in [0.717, 1.165) is 23.1 Å². The van der Waals surface area contributed by atoms with Crippen molar-refractivity contribution in [3.05, 3.63) is 103 Å². The summed E-state index contributed by atoms with van der Waals surface area (Å²) < 4.78 is 66.7. The Hall–Kier alpha value is -4.36. The minimum absolute atomic E-state index is 0.0381. The summed E-state index contributed by atoms with van der Waals surface area (Å²) in [7, 11) is 0. The van der Waals surface area contributed by atoms with Gasteiger partial charge in [-0.15, -0.1) is 0 Å². The molecule has 0 bridgehead atoms. The number of benzene rings is 3. The Bertz CT molecular complexity index is 1410. The molecule has 220 valence electrons. The van der Waals surface area contributed by atoms with E-state index < -0.39 is 42.2 Å². The van der Waals surface area contributed by atoms with Crippen LogP contribution in [0, 0.1) is 0 Å². The van der Waals surface area contributed by atoms with Crippen LogP contribution in [0.2, 0.25) is 0 Å². The lowest BCUT2D eigenvalue weighted by Crippen LogP contribution is -2.13. The summed E-state index contributed by atoms with van der Waals surface area (Å²) in [5, 5.41) is 0. The molecule has 3 aromatic carbocycles. The molecule has 0 unspecified atom stereocenters. The number of carbonyl (C=O) groups excluding carboxylic acids is 3. The zero-order valence-electron chi connectivity index (χ0n) is 21.8. The number of rotatable bonds is 14. The topological polar surface area (TPSA) is 97.4 Å². The standard InChI is InChI=1S/C29H23F3O8S2/c1-3-26(33)38-17-41-22-10-5-19(6-11-22)28(35)40-21-9-14-25(24(15-21)29(30,31)32)37-16-36-20-7-12-23(13-8-20)42-18-39-27(34)4-2/h3-15H,1-2,16-18H2. The Balaban J connectivity index is 1.56. The van der Waals surface area contributed by atoms with Gasteiger partial charge >= 0.3 is 24.1 Å². The first-order chi connectivity index (χ1) is 20.1. The molecule has 3 rings (SSSR count). The van der Waals surface area contributed by atoms with Gasteiger partial charge < -0.3 is 23.7 Å². The fourth-order valence-electron chi connectivity index (χ4n) is 3.00. The molecule has 0 fully saturated rings. The van der Waals surface area contributed by atoms with E-state index in [-0.39, 0.29) is 23.2 Å². The molecule has 0 aliphatic rings. The third-order valence-electron chi connectivity index (χ3n) is 5.01. The average Bonchev–Trinajstić information content (AvgIpc) is 2.98. The Kier molecular flexibility index (Phi) is 11.9. The lowest BCUT2D eigenvalue weighted by atomic mass is 10.2. The van der Waals surface area contributed by atoms with Gasteiger partial charge in [-0.2, -0.15) is 13.2 Å². The molecule has 0 saturated heterocycles. The van der Waals surface area contributed by atoms with Crippen molar-refractivity contribution in [3.63, 3.8) is 0 Å². The van der Waals surface area contributed by atoms with Gasteiger partial charge in [0.15, 0.2) is 0 Å². The minimum Gasteiger partial charge on any atom is -0.458 e. The van der Waals surface area contributed by atoms with Crippen LogP contribution < -0.4 is 14.2 Å². The molecule has 0 radical (unpaired) electrons. The van der Waals surface area contributed by atoms with Crippen LogP contribution in [0.5, 0.6) is 17.2 Å². The van der Waals surface area contributed by atoms with Gasteiger partial charge in [-0.3, -0.25) is 0 Å². The first kappa shape index (κ1) is 32.2. The number of alkyl halides is 3. The number of carbonyl (C=O) groups is 3. The fourth-order valence-corrected chi connectivity index (χ4v) is 4.27. The predicted octanol–water partition coefficient (Wildman–Crippen LogP) is 6.90. The second kappa shape index (κ2) is 15.6. The summed E-state index contributed by atoms with van der Waals surface area (Å²) in [6, 6.07) is 15.4. The van der Waals surface area contributed by atoms with E-state index in [1.54, 1.807) is 36.4 Å². The van der Waals surface area contributed by atoms with Gasteiger partial charge in [-0.1, -0.05) is 36.7 Å². The maximum atomic E-state index is 13.7. The number of halogens is 3. The number of hydrogen-bond donors (Lipinski definition) is 0. The number of thioether (sulfide) groups is 2. The van der Waals surface area contributed by atoms with E-state index in [9.17, 15) is 27.6 Å². The van der Waals surface area contributed by atoms with E-state index in [0.29, 0.717) is 16.7 Å². The molecule has 3 aromatic rings. The normalized spacial score (nSPS) is 10.7. The first-order valence-electron chi connectivity index (χ1n) is 11.8. The number of esters is 3. The van der Waals surface area contributed by atoms with Crippen molar-refractivity contribution in [1.29, 1.82) is 0 Å². The minimum atomic E-state index is -4.81. The van der Waals surface area contributed by atoms with Crippen LogP contribution >= 0.6 is 23.5 Å². The van der Waals surface area contributed by atoms with Crippen LogP contribution in [-0.4, -0.2) is 36.6 Å². The maximum absolute atomic E-state index is 13.7. The van der Waals surface area contributed by atoms with E-state index in [1.165, 1.54) is 41.7 Å². The highest BCUT2D eigenvalue weighted by atomic mass is 32.2. The van der Waals surface area contributed by atoms with Crippen molar-refractivity contribution in [1.82, 2.24) is 0 Å². The van der Waals surface area contributed by atoms with Crippen LogP contribution in [0.4, 0.5) is 13.2 Å². The Labute approximate surface area is 247 Å². The molecule has 0 saturated carbocycles. The predicted molar refractivity (Wildman–Crippen MR) is 149 cm³/mol. The second-order valence-electron chi connectivity index (χ2n) is 7.81. The number of hydrogen-bond acceptors (Lipinski definition) is 10. The molecule has 0 atom stereocenters. The molecule has 0 amide bonds. The molecular formula is C29H23F3O8S2. The molecule has 42 heavy (non-hydrogen) atoms. The molecule has 0 spiro atoms. The molecular weight excluding hydrogens is 597 g/mol. The molecule has 0 aliphatic heterocycles. The van der Waals surface area contributed by atoms with Crippen molar-refractivity contribution < 1.29 is 51.2 Å². The third kappa shape index (κ3) is 10.2. The largest absolute Gasteiger partial charge is 0.458 e. The molecule has 0 aromatic heterocycles. The van der Waals surface area contributed by atoms with Gasteiger partial charge in [0.25, 0.3) is 0 Å². The fraction of sp³-hybridized carbons (Fsp3) is 0.138. The highest BCUT2D eigenvalue weighted by molar-refractivity contribution is 7.99. The summed E-state index contributed by atoms with van der Waals surface area (Å²) in [6.45, 7) is 6.07. The molecule has 13 heteroatoms. The molecule has 0 N–H and O–H groups in total. The average molecular weight is 621 g/mol. The van der Waals surface area contributed by atoms with Gasteiger partial charge in [0, 0.05) is 21.9 Å². The summed E-state index contributed by atoms with van der Waals surface area (Å²) in [6.07, 6.45) is -2.72. The van der Waals surface area contributed by atoms with Crippen molar-refractivity contribution in [2.75, 3.05) is 18.7 Å². The van der Waals surface area contributed by atoms with Crippen molar-refractivity contribution >= 4 is 41.4 Å². The molecule has 8 nitrogen and oxygen atoms in total. The van der Waals surface area contributed by atoms with Crippen LogP contribution in [0.3, 0.4) is 0 Å². The number of ether oxygens (including phenoxy) is 5. The lowest BCUT2D eigenvalue weighted by molar-refractivity contribution is -0.139. The van der Waals surface area contributed by atoms with E-state index in [2.05, 4.69) is 13.2 Å². The Morgan fingerprint density at radius 3 is 1.79 bits per heavy atom. The summed E-state index contributed by atoms with van der Waals surface area (Å²) in [5.41, 5.74) is -1.05. The smallest absolute Gasteiger partial charge is 0.420 e. The summed E-state index contributed by atoms with van der Waals surface area (Å²) in [5.74, 6) is -2.37. The van der Waals surface area contributed by atoms with E-state index in [1.807, 2.05) is 0 Å². The SMILES string of the molecule is C=CC(=O)OCSc1ccc(OCOc2ccc(OC(=O)c3ccc(SCOC(=O)C=C)cc3)cc2C(F)(F)F)cc1. The van der Waals surface area contributed by atoms with Gasteiger partial charge in [0.2, 0.25) is 6.79 Å². The quantitative estimate of drug-likeness (QED) is 0.0623. The van der Waals surface area contributed by atoms with Gasteiger partial charge in [-0.25, -0.2) is 14.4 Å². The van der Waals surface area contributed by atoms with E-state index >= 15 is 0 Å². The van der Waals surface area contributed by atoms with Crippen LogP contribution in [-0.2, 0) is 25.2 Å². The van der Waals surface area contributed by atoms with Crippen LogP contribution in [0.15, 0.2) is 102 Å². The molecule has 0 heterocycles. The Morgan fingerprint density at radius 2 is 1.26 bits per heavy atom. The zero-order chi connectivity index (χ0) is 30.5. The Morgan fingerprint density at radius 1 is 0.738 bits per heavy atom. The summed E-state index contributed by atoms with van der Waals surface area (Å²) in [4.78, 5) is 36.1. The third-order valence-corrected chi connectivity index (χ3v) is 6.69. The van der Waals surface area contributed by atoms with E-state index in [4.69, 9.17) is 23.7 Å². The van der Waals surface area contributed by atoms with Crippen LogP contribution in [0.25, 0.3) is 0 Å². The van der Waals surface area contributed by atoms with Gasteiger partial charge in [0.1, 0.15) is 34.7 Å². The monoisotopic (exact) mass is 620 g/mol. The van der Waals surface area contributed by atoms with Gasteiger partial charge in [0.05, 0.1) is 5.56 Å². The second-order valence-corrected chi connectivity index (χ2v) is 9.80.